The topological polar surface area (TPSA) is 48.1 Å². The predicted octanol–water partition coefficient (Wildman–Crippen LogP) is 2.40. The lowest BCUT2D eigenvalue weighted by Crippen LogP contribution is -2.10. The Morgan fingerprint density at radius 3 is 2.88 bits per heavy atom. The van der Waals surface area contributed by atoms with Gasteiger partial charge in [0.25, 0.3) is 0 Å². The third kappa shape index (κ3) is 3.51. The van der Waals surface area contributed by atoms with E-state index in [1.165, 1.54) is 4.88 Å². The van der Waals surface area contributed by atoms with Crippen molar-refractivity contribution in [3.05, 3.63) is 46.3 Å². The second-order valence-electron chi connectivity index (χ2n) is 3.43. The molecule has 0 unspecified atom stereocenters. The number of pyridine rings is 1. The molecule has 0 fully saturated rings. The minimum atomic E-state index is 0.350. The highest BCUT2D eigenvalue weighted by molar-refractivity contribution is 7.80. The number of rotatable bonds is 5. The van der Waals surface area contributed by atoms with Crippen LogP contribution in [0.25, 0.3) is 0 Å². The molecule has 0 aliphatic carbocycles. The van der Waals surface area contributed by atoms with E-state index in [1.54, 1.807) is 23.6 Å². The van der Waals surface area contributed by atoms with Crippen LogP contribution in [0.1, 0.15) is 10.4 Å². The fourth-order valence-corrected chi connectivity index (χ4v) is 2.13. The third-order valence-electron chi connectivity index (χ3n) is 2.20. The third-order valence-corrected chi connectivity index (χ3v) is 3.37. The van der Waals surface area contributed by atoms with E-state index < -0.39 is 0 Å². The summed E-state index contributed by atoms with van der Waals surface area (Å²) in [6.07, 6.45) is 2.53. The van der Waals surface area contributed by atoms with Crippen molar-refractivity contribution in [3.63, 3.8) is 0 Å². The molecule has 5 heteroatoms. The Morgan fingerprint density at radius 2 is 2.29 bits per heavy atom. The maximum atomic E-state index is 5.53. The van der Waals surface area contributed by atoms with E-state index in [-0.39, 0.29) is 0 Å². The van der Waals surface area contributed by atoms with Gasteiger partial charge in [-0.1, -0.05) is 18.3 Å². The molecule has 0 aliphatic rings. The molecule has 2 heterocycles. The molecule has 2 rings (SSSR count). The van der Waals surface area contributed by atoms with Crippen molar-refractivity contribution in [2.24, 2.45) is 5.73 Å². The van der Waals surface area contributed by atoms with Gasteiger partial charge in [0.05, 0.1) is 6.61 Å². The first-order valence-corrected chi connectivity index (χ1v) is 6.45. The van der Waals surface area contributed by atoms with E-state index in [0.29, 0.717) is 17.5 Å². The summed E-state index contributed by atoms with van der Waals surface area (Å²) in [4.78, 5) is 5.79. The molecule has 0 aromatic carbocycles. The number of nitrogens with two attached hydrogens (primary N) is 1. The molecule has 2 N–H and O–H groups in total. The minimum absolute atomic E-state index is 0.350. The number of hydrogen-bond donors (Lipinski definition) is 1. The van der Waals surface area contributed by atoms with Crippen LogP contribution < -0.4 is 10.5 Å². The first kappa shape index (κ1) is 12.0. The van der Waals surface area contributed by atoms with Crippen LogP contribution in [0.2, 0.25) is 0 Å². The summed E-state index contributed by atoms with van der Waals surface area (Å²) in [5.74, 6) is 0.599. The van der Waals surface area contributed by atoms with Gasteiger partial charge < -0.3 is 10.5 Å². The number of hydrogen-bond acceptors (Lipinski definition) is 4. The van der Waals surface area contributed by atoms with E-state index >= 15 is 0 Å². The Kier molecular flexibility index (Phi) is 4.06. The fraction of sp³-hybridized carbons (Fsp3) is 0.167. The summed E-state index contributed by atoms with van der Waals surface area (Å²) in [6, 6.07) is 7.73. The van der Waals surface area contributed by atoms with Crippen LogP contribution in [-0.2, 0) is 6.42 Å². The largest absolute Gasteiger partial charge is 0.477 e. The van der Waals surface area contributed by atoms with Crippen molar-refractivity contribution in [1.82, 2.24) is 4.98 Å². The summed E-state index contributed by atoms with van der Waals surface area (Å²) in [5.41, 5.74) is 6.24. The van der Waals surface area contributed by atoms with Crippen LogP contribution in [0, 0.1) is 0 Å². The monoisotopic (exact) mass is 264 g/mol. The van der Waals surface area contributed by atoms with Crippen molar-refractivity contribution >= 4 is 28.5 Å². The molecule has 2 aromatic heterocycles. The van der Waals surface area contributed by atoms with E-state index in [1.807, 2.05) is 12.1 Å². The van der Waals surface area contributed by atoms with E-state index in [0.717, 1.165) is 12.0 Å². The molecule has 3 nitrogen and oxygen atoms in total. The van der Waals surface area contributed by atoms with Gasteiger partial charge in [-0.2, -0.15) is 0 Å². The number of thiocarbonyl (C=S) groups is 1. The van der Waals surface area contributed by atoms with Crippen molar-refractivity contribution in [2.45, 2.75) is 6.42 Å². The van der Waals surface area contributed by atoms with Gasteiger partial charge in [0.2, 0.25) is 5.88 Å². The molecule has 0 atom stereocenters. The van der Waals surface area contributed by atoms with Crippen LogP contribution in [0.4, 0.5) is 0 Å². The summed E-state index contributed by atoms with van der Waals surface area (Å²) in [5, 5.41) is 2.06. The zero-order valence-electron chi connectivity index (χ0n) is 9.13. The second kappa shape index (κ2) is 5.75. The van der Waals surface area contributed by atoms with Crippen LogP contribution in [0.5, 0.6) is 5.88 Å². The summed E-state index contributed by atoms with van der Waals surface area (Å²) < 4.78 is 5.53. The highest BCUT2D eigenvalue weighted by atomic mass is 32.1. The molecule has 0 saturated heterocycles. The van der Waals surface area contributed by atoms with Gasteiger partial charge in [-0.05, 0) is 17.5 Å². The van der Waals surface area contributed by atoms with Crippen molar-refractivity contribution < 1.29 is 4.74 Å². The zero-order chi connectivity index (χ0) is 12.1. The Bertz CT molecular complexity index is 480. The molecule has 17 heavy (non-hydrogen) atoms. The maximum Gasteiger partial charge on any atom is 0.213 e. The highest BCUT2D eigenvalue weighted by Gasteiger charge is 1.99. The average molecular weight is 264 g/mol. The van der Waals surface area contributed by atoms with Crippen molar-refractivity contribution in [1.29, 1.82) is 0 Å². The van der Waals surface area contributed by atoms with Gasteiger partial charge >= 0.3 is 0 Å². The lowest BCUT2D eigenvalue weighted by molar-refractivity contribution is 0.310. The van der Waals surface area contributed by atoms with Crippen LogP contribution in [0.15, 0.2) is 35.8 Å². The smallest absolute Gasteiger partial charge is 0.213 e. The Balaban J connectivity index is 1.85. The van der Waals surface area contributed by atoms with Crippen molar-refractivity contribution in [3.8, 4) is 5.88 Å². The van der Waals surface area contributed by atoms with Gasteiger partial charge in [-0.25, -0.2) is 4.98 Å². The molecule has 0 aliphatic heterocycles. The van der Waals surface area contributed by atoms with Gasteiger partial charge in [0, 0.05) is 29.1 Å². The Hall–Kier alpha value is -1.46. The van der Waals surface area contributed by atoms with E-state index in [9.17, 15) is 0 Å². The fourth-order valence-electron chi connectivity index (χ4n) is 1.32. The first-order valence-electron chi connectivity index (χ1n) is 5.17. The van der Waals surface area contributed by atoms with E-state index in [4.69, 9.17) is 22.7 Å². The van der Waals surface area contributed by atoms with Gasteiger partial charge in [-0.3, -0.25) is 0 Å². The molecule has 0 saturated carbocycles. The standard InChI is InChI=1S/C12H12N2OS2/c13-12(16)9-3-4-11(14-8-9)15-6-5-10-2-1-7-17-10/h1-4,7-8H,5-6H2,(H2,13,16). The van der Waals surface area contributed by atoms with Gasteiger partial charge in [0.15, 0.2) is 0 Å². The van der Waals surface area contributed by atoms with Crippen LogP contribution in [0.3, 0.4) is 0 Å². The van der Waals surface area contributed by atoms with Crippen LogP contribution >= 0.6 is 23.6 Å². The highest BCUT2D eigenvalue weighted by Crippen LogP contribution is 2.11. The number of aromatic nitrogens is 1. The first-order chi connectivity index (χ1) is 8.25. The van der Waals surface area contributed by atoms with Crippen LogP contribution in [-0.4, -0.2) is 16.6 Å². The summed E-state index contributed by atoms with van der Waals surface area (Å²) in [6.45, 7) is 0.625. The lowest BCUT2D eigenvalue weighted by Gasteiger charge is -2.04. The minimum Gasteiger partial charge on any atom is -0.477 e. The predicted molar refractivity (Wildman–Crippen MR) is 73.6 cm³/mol. The molecule has 88 valence electrons. The number of thiophene rings is 1. The zero-order valence-corrected chi connectivity index (χ0v) is 10.8. The maximum absolute atomic E-state index is 5.53. The average Bonchev–Trinajstić information content (AvgIpc) is 2.83. The molecular formula is C12H12N2OS2. The van der Waals surface area contributed by atoms with E-state index in [2.05, 4.69) is 16.4 Å². The molecule has 0 bridgehead atoms. The number of ether oxygens (including phenoxy) is 1. The Morgan fingerprint density at radius 1 is 1.41 bits per heavy atom. The molecule has 0 spiro atoms. The SMILES string of the molecule is NC(=S)c1ccc(OCCc2cccs2)nc1. The van der Waals surface area contributed by atoms with Gasteiger partial charge in [0.1, 0.15) is 4.99 Å². The van der Waals surface area contributed by atoms with Crippen molar-refractivity contribution in [2.75, 3.05) is 6.61 Å². The molecule has 0 radical (unpaired) electrons. The Labute approximate surface area is 109 Å². The molecular weight excluding hydrogens is 252 g/mol. The summed E-state index contributed by atoms with van der Waals surface area (Å²) in [7, 11) is 0. The second-order valence-corrected chi connectivity index (χ2v) is 4.90. The molecule has 2 aromatic rings. The normalized spacial score (nSPS) is 10.1. The molecule has 0 amide bonds. The lowest BCUT2D eigenvalue weighted by atomic mass is 10.3. The van der Waals surface area contributed by atoms with Gasteiger partial charge in [-0.15, -0.1) is 11.3 Å². The number of nitrogens with zero attached hydrogens (tertiary/aromatic N) is 1. The summed E-state index contributed by atoms with van der Waals surface area (Å²) >= 11 is 6.58. The quantitative estimate of drug-likeness (QED) is 0.842.